The predicted octanol–water partition coefficient (Wildman–Crippen LogP) is 1.11. The molecular weight excluding hydrogens is 282 g/mol. The van der Waals surface area contributed by atoms with Gasteiger partial charge in [-0.25, -0.2) is 4.98 Å². The van der Waals surface area contributed by atoms with Crippen molar-refractivity contribution in [3.63, 3.8) is 0 Å². The van der Waals surface area contributed by atoms with Crippen molar-refractivity contribution in [1.29, 1.82) is 0 Å². The van der Waals surface area contributed by atoms with Gasteiger partial charge in [-0.1, -0.05) is 6.07 Å². The van der Waals surface area contributed by atoms with E-state index in [2.05, 4.69) is 25.1 Å². The van der Waals surface area contributed by atoms with Crippen LogP contribution in [0.5, 0.6) is 0 Å². The molecule has 0 aromatic carbocycles. The molecule has 0 atom stereocenters. The minimum atomic E-state index is -0.692. The molecule has 22 heavy (non-hydrogen) atoms. The maximum Gasteiger partial charge on any atom is 0.267 e. The normalized spacial score (nSPS) is 10.5. The Hall–Kier alpha value is -3.09. The zero-order chi connectivity index (χ0) is 15.4. The van der Waals surface area contributed by atoms with Gasteiger partial charge in [-0.3, -0.25) is 19.7 Å². The first-order chi connectivity index (χ1) is 10.7. The molecule has 0 amide bonds. The minimum absolute atomic E-state index is 0.00437. The SMILES string of the molecule is O=C(Cc1ccc(Cc2ccccn2)[nH]1)C(=O)c1nc[nH]n1. The van der Waals surface area contributed by atoms with Crippen molar-refractivity contribution in [1.82, 2.24) is 25.1 Å². The maximum absolute atomic E-state index is 11.9. The van der Waals surface area contributed by atoms with E-state index >= 15 is 0 Å². The minimum Gasteiger partial charge on any atom is -0.362 e. The fourth-order valence-electron chi connectivity index (χ4n) is 2.09. The topological polar surface area (TPSA) is 104 Å². The summed E-state index contributed by atoms with van der Waals surface area (Å²) in [5.41, 5.74) is 2.55. The molecule has 7 nitrogen and oxygen atoms in total. The number of ketones is 2. The lowest BCUT2D eigenvalue weighted by molar-refractivity contribution is -0.114. The van der Waals surface area contributed by atoms with Gasteiger partial charge in [0.15, 0.2) is 0 Å². The molecule has 3 heterocycles. The van der Waals surface area contributed by atoms with Crippen LogP contribution in [0.2, 0.25) is 0 Å². The number of hydrogen-bond donors (Lipinski definition) is 2. The number of nitrogens with zero attached hydrogens (tertiary/aromatic N) is 3. The first-order valence-corrected chi connectivity index (χ1v) is 6.72. The van der Waals surface area contributed by atoms with Crippen LogP contribution in [0.1, 0.15) is 27.7 Å². The van der Waals surface area contributed by atoms with Crippen LogP contribution in [0.4, 0.5) is 0 Å². The Morgan fingerprint density at radius 3 is 2.64 bits per heavy atom. The van der Waals surface area contributed by atoms with E-state index in [4.69, 9.17) is 0 Å². The number of aromatic amines is 2. The van der Waals surface area contributed by atoms with Crippen LogP contribution in [-0.4, -0.2) is 36.7 Å². The van der Waals surface area contributed by atoms with Gasteiger partial charge in [0.05, 0.1) is 6.42 Å². The van der Waals surface area contributed by atoms with Crippen molar-refractivity contribution in [2.75, 3.05) is 0 Å². The molecule has 0 bridgehead atoms. The summed E-state index contributed by atoms with van der Waals surface area (Å²) in [5, 5.41) is 6.03. The molecule has 0 spiro atoms. The van der Waals surface area contributed by atoms with E-state index in [-0.39, 0.29) is 12.2 Å². The van der Waals surface area contributed by atoms with Crippen LogP contribution in [0, 0.1) is 0 Å². The number of pyridine rings is 1. The first-order valence-electron chi connectivity index (χ1n) is 6.72. The predicted molar refractivity (Wildman–Crippen MR) is 77.3 cm³/mol. The third-order valence-corrected chi connectivity index (χ3v) is 3.13. The average molecular weight is 295 g/mol. The van der Waals surface area contributed by atoms with Crippen LogP contribution >= 0.6 is 0 Å². The Bertz CT molecular complexity index is 777. The summed E-state index contributed by atoms with van der Waals surface area (Å²) in [6.45, 7) is 0. The van der Waals surface area contributed by atoms with Gasteiger partial charge < -0.3 is 4.98 Å². The van der Waals surface area contributed by atoms with E-state index in [0.717, 1.165) is 11.4 Å². The van der Waals surface area contributed by atoms with Gasteiger partial charge in [-0.2, -0.15) is 0 Å². The molecule has 0 unspecified atom stereocenters. The van der Waals surface area contributed by atoms with E-state index in [1.807, 2.05) is 24.3 Å². The highest BCUT2D eigenvalue weighted by molar-refractivity contribution is 6.43. The first kappa shape index (κ1) is 13.9. The summed E-state index contributed by atoms with van der Waals surface area (Å²) in [6.07, 6.45) is 3.64. The second kappa shape index (κ2) is 6.13. The van der Waals surface area contributed by atoms with Crippen molar-refractivity contribution in [2.24, 2.45) is 0 Å². The maximum atomic E-state index is 11.9. The van der Waals surface area contributed by atoms with Gasteiger partial charge in [0.2, 0.25) is 11.6 Å². The molecule has 3 aromatic rings. The third kappa shape index (κ3) is 3.14. The largest absolute Gasteiger partial charge is 0.362 e. The van der Waals surface area contributed by atoms with Gasteiger partial charge in [0.25, 0.3) is 5.78 Å². The van der Waals surface area contributed by atoms with E-state index in [1.165, 1.54) is 6.33 Å². The fourth-order valence-corrected chi connectivity index (χ4v) is 2.09. The molecule has 0 saturated carbocycles. The lowest BCUT2D eigenvalue weighted by Crippen LogP contribution is -2.18. The van der Waals surface area contributed by atoms with Crippen LogP contribution in [0.25, 0.3) is 0 Å². The van der Waals surface area contributed by atoms with Crippen LogP contribution < -0.4 is 0 Å². The molecule has 3 aromatic heterocycles. The lowest BCUT2D eigenvalue weighted by Gasteiger charge is -1.98. The van der Waals surface area contributed by atoms with Gasteiger partial charge >= 0.3 is 0 Å². The van der Waals surface area contributed by atoms with Gasteiger partial charge in [-0.05, 0) is 24.3 Å². The molecule has 0 aliphatic heterocycles. The Morgan fingerprint density at radius 2 is 1.91 bits per heavy atom. The summed E-state index contributed by atoms with van der Waals surface area (Å²) in [7, 11) is 0. The molecule has 0 aliphatic rings. The quantitative estimate of drug-likeness (QED) is 0.523. The number of carbonyl (C=O) groups is 2. The third-order valence-electron chi connectivity index (χ3n) is 3.13. The van der Waals surface area contributed by atoms with Gasteiger partial charge in [0, 0.05) is 29.7 Å². The van der Waals surface area contributed by atoms with Crippen molar-refractivity contribution in [3.05, 3.63) is 65.8 Å². The highest BCUT2D eigenvalue weighted by Gasteiger charge is 2.20. The highest BCUT2D eigenvalue weighted by atomic mass is 16.2. The summed E-state index contributed by atoms with van der Waals surface area (Å²) < 4.78 is 0. The molecule has 7 heteroatoms. The van der Waals surface area contributed by atoms with E-state index < -0.39 is 11.6 Å². The zero-order valence-corrected chi connectivity index (χ0v) is 11.6. The average Bonchev–Trinajstić information content (AvgIpc) is 3.19. The van der Waals surface area contributed by atoms with Crippen LogP contribution in [-0.2, 0) is 17.6 Å². The van der Waals surface area contributed by atoms with E-state index in [0.29, 0.717) is 12.1 Å². The van der Waals surface area contributed by atoms with Crippen molar-refractivity contribution < 1.29 is 9.59 Å². The van der Waals surface area contributed by atoms with Crippen molar-refractivity contribution in [3.8, 4) is 0 Å². The number of H-pyrrole nitrogens is 2. The molecule has 2 N–H and O–H groups in total. The monoisotopic (exact) mass is 295 g/mol. The number of rotatable bonds is 6. The summed E-state index contributed by atoms with van der Waals surface area (Å²) in [6, 6.07) is 9.39. The standard InChI is InChI=1S/C15H13N5O2/c21-13(14(22)15-17-9-18-20-15)8-12-5-4-11(19-12)7-10-3-1-2-6-16-10/h1-6,9,19H,7-8H2,(H,17,18,20). The summed E-state index contributed by atoms with van der Waals surface area (Å²) >= 11 is 0. The van der Waals surface area contributed by atoms with Crippen molar-refractivity contribution >= 4 is 11.6 Å². The number of nitrogens with one attached hydrogen (secondary N) is 2. The smallest absolute Gasteiger partial charge is 0.267 e. The molecule has 0 fully saturated rings. The summed E-state index contributed by atoms with van der Waals surface area (Å²) in [4.78, 5) is 34.8. The lowest BCUT2D eigenvalue weighted by atomic mass is 10.1. The van der Waals surface area contributed by atoms with Gasteiger partial charge in [-0.15, -0.1) is 5.10 Å². The van der Waals surface area contributed by atoms with Crippen molar-refractivity contribution in [2.45, 2.75) is 12.8 Å². The Balaban J connectivity index is 1.64. The van der Waals surface area contributed by atoms with Gasteiger partial charge in [0.1, 0.15) is 6.33 Å². The molecule has 110 valence electrons. The number of hydrogen-bond acceptors (Lipinski definition) is 5. The number of aromatic nitrogens is 5. The number of Topliss-reactive ketones (excluding diaryl/α,β-unsaturated/α-hetero) is 2. The zero-order valence-electron chi connectivity index (χ0n) is 11.6. The van der Waals surface area contributed by atoms with E-state index in [9.17, 15) is 9.59 Å². The van der Waals surface area contributed by atoms with E-state index in [1.54, 1.807) is 12.3 Å². The highest BCUT2D eigenvalue weighted by Crippen LogP contribution is 2.09. The molecule has 0 radical (unpaired) electrons. The molecule has 0 saturated heterocycles. The second-order valence-electron chi connectivity index (χ2n) is 4.76. The van der Waals surface area contributed by atoms with Crippen LogP contribution in [0.15, 0.2) is 42.9 Å². The summed E-state index contributed by atoms with van der Waals surface area (Å²) in [5.74, 6) is -1.35. The molecule has 3 rings (SSSR count). The second-order valence-corrected chi connectivity index (χ2v) is 4.76. The Morgan fingerprint density at radius 1 is 1.05 bits per heavy atom. The number of carbonyl (C=O) groups excluding carboxylic acids is 2. The molecular formula is C15H13N5O2. The fraction of sp³-hybridized carbons (Fsp3) is 0.133. The Kier molecular flexibility index (Phi) is 3.86. The van der Waals surface area contributed by atoms with Crippen LogP contribution in [0.3, 0.4) is 0 Å². The Labute approximate surface area is 125 Å². The molecule has 0 aliphatic carbocycles.